The van der Waals surface area contributed by atoms with Gasteiger partial charge in [-0.1, -0.05) is 11.6 Å². The van der Waals surface area contributed by atoms with Crippen LogP contribution >= 0.6 is 11.6 Å². The van der Waals surface area contributed by atoms with Gasteiger partial charge in [0.2, 0.25) is 5.91 Å². The Morgan fingerprint density at radius 2 is 2.33 bits per heavy atom. The van der Waals surface area contributed by atoms with E-state index in [0.29, 0.717) is 30.4 Å². The fourth-order valence-corrected chi connectivity index (χ4v) is 3.24. The van der Waals surface area contributed by atoms with E-state index in [4.69, 9.17) is 11.6 Å². The van der Waals surface area contributed by atoms with Gasteiger partial charge < -0.3 is 9.88 Å². The highest BCUT2D eigenvalue weighted by molar-refractivity contribution is 6.30. The second kappa shape index (κ2) is 7.17. The lowest BCUT2D eigenvalue weighted by molar-refractivity contribution is -0.132. The Balaban J connectivity index is 1.62. The fourth-order valence-electron chi connectivity index (χ4n) is 3.09. The molecule has 0 saturated carbocycles. The molecule has 7 nitrogen and oxygen atoms in total. The first kappa shape index (κ1) is 16.7. The van der Waals surface area contributed by atoms with E-state index in [1.807, 2.05) is 4.90 Å². The van der Waals surface area contributed by atoms with Crippen LogP contribution in [0.1, 0.15) is 36.7 Å². The fraction of sp³-hybridized carbons (Fsp3) is 0.500. The third-order valence-corrected chi connectivity index (χ3v) is 4.42. The van der Waals surface area contributed by atoms with Crippen molar-refractivity contribution < 1.29 is 4.79 Å². The molecule has 2 aromatic rings. The number of nitrogens with zero attached hydrogens (tertiary/aromatic N) is 4. The molecule has 0 spiro atoms. The van der Waals surface area contributed by atoms with E-state index in [9.17, 15) is 9.59 Å². The number of amides is 1. The lowest BCUT2D eigenvalue weighted by Gasteiger charge is -2.32. The van der Waals surface area contributed by atoms with Gasteiger partial charge in [-0.15, -0.1) is 0 Å². The molecule has 1 N–H and O–H groups in total. The number of piperidine rings is 1. The first-order valence-electron chi connectivity index (χ1n) is 8.05. The van der Waals surface area contributed by atoms with Gasteiger partial charge >= 0.3 is 0 Å². The SMILES string of the molecule is Cc1nc([C@@H]2CCCN(C(=O)CCn3cc(Cl)cn3)C2)cc(=O)[nH]1. The predicted octanol–water partition coefficient (Wildman–Crippen LogP) is 1.72. The molecule has 3 rings (SSSR count). The summed E-state index contributed by atoms with van der Waals surface area (Å²) in [5.74, 6) is 0.812. The number of aromatic amines is 1. The predicted molar refractivity (Wildman–Crippen MR) is 90.0 cm³/mol. The summed E-state index contributed by atoms with van der Waals surface area (Å²) < 4.78 is 1.67. The molecule has 1 amide bonds. The second-order valence-electron chi connectivity index (χ2n) is 6.11. The van der Waals surface area contributed by atoms with E-state index in [1.54, 1.807) is 24.0 Å². The summed E-state index contributed by atoms with van der Waals surface area (Å²) in [6.45, 7) is 3.63. The highest BCUT2D eigenvalue weighted by Gasteiger charge is 2.25. The number of hydrogen-bond acceptors (Lipinski definition) is 4. The number of halogens is 1. The summed E-state index contributed by atoms with van der Waals surface area (Å²) in [4.78, 5) is 33.0. The van der Waals surface area contributed by atoms with Gasteiger partial charge in [0.15, 0.2) is 0 Å². The molecule has 1 fully saturated rings. The van der Waals surface area contributed by atoms with Crippen LogP contribution in [0, 0.1) is 6.92 Å². The quantitative estimate of drug-likeness (QED) is 0.911. The first-order valence-corrected chi connectivity index (χ1v) is 8.42. The monoisotopic (exact) mass is 349 g/mol. The van der Waals surface area contributed by atoms with Crippen LogP contribution in [-0.2, 0) is 11.3 Å². The molecule has 128 valence electrons. The Morgan fingerprint density at radius 1 is 1.50 bits per heavy atom. The standard InChI is InChI=1S/C16H20ClN5O2/c1-11-19-14(7-15(23)20-11)12-3-2-5-21(9-12)16(24)4-6-22-10-13(17)8-18-22/h7-8,10,12H,2-6,9H2,1H3,(H,19,20,23)/t12-/m1/s1. The number of aromatic nitrogens is 4. The number of rotatable bonds is 4. The maximum Gasteiger partial charge on any atom is 0.251 e. The van der Waals surface area contributed by atoms with E-state index in [1.165, 1.54) is 6.07 Å². The molecular formula is C16H20ClN5O2. The second-order valence-corrected chi connectivity index (χ2v) is 6.54. The van der Waals surface area contributed by atoms with Crippen molar-refractivity contribution in [3.05, 3.63) is 45.4 Å². The minimum Gasteiger partial charge on any atom is -0.342 e. The highest BCUT2D eigenvalue weighted by Crippen LogP contribution is 2.25. The molecular weight excluding hydrogens is 330 g/mol. The van der Waals surface area contributed by atoms with Crippen molar-refractivity contribution in [2.24, 2.45) is 0 Å². The maximum absolute atomic E-state index is 12.5. The Morgan fingerprint density at radius 3 is 3.04 bits per heavy atom. The summed E-state index contributed by atoms with van der Waals surface area (Å²) >= 11 is 5.82. The van der Waals surface area contributed by atoms with E-state index >= 15 is 0 Å². The lowest BCUT2D eigenvalue weighted by atomic mass is 9.94. The van der Waals surface area contributed by atoms with Gasteiger partial charge in [0, 0.05) is 44.2 Å². The number of nitrogens with one attached hydrogen (secondary N) is 1. The van der Waals surface area contributed by atoms with Crippen LogP contribution in [0.2, 0.25) is 5.02 Å². The zero-order chi connectivity index (χ0) is 17.1. The van der Waals surface area contributed by atoms with Gasteiger partial charge in [0.1, 0.15) is 5.82 Å². The van der Waals surface area contributed by atoms with Gasteiger partial charge in [0.25, 0.3) is 5.56 Å². The number of likely N-dealkylation sites (tertiary alicyclic amines) is 1. The molecule has 8 heteroatoms. The third-order valence-electron chi connectivity index (χ3n) is 4.23. The molecule has 2 aromatic heterocycles. The smallest absolute Gasteiger partial charge is 0.251 e. The largest absolute Gasteiger partial charge is 0.342 e. The molecule has 24 heavy (non-hydrogen) atoms. The van der Waals surface area contributed by atoms with Gasteiger partial charge in [-0.2, -0.15) is 5.10 Å². The van der Waals surface area contributed by atoms with Crippen LogP contribution in [-0.4, -0.2) is 43.6 Å². The Kier molecular flexibility index (Phi) is 4.99. The van der Waals surface area contributed by atoms with Crippen LogP contribution in [0.3, 0.4) is 0 Å². The Hall–Kier alpha value is -2.15. The Labute approximate surface area is 144 Å². The summed E-state index contributed by atoms with van der Waals surface area (Å²) in [6, 6.07) is 1.54. The summed E-state index contributed by atoms with van der Waals surface area (Å²) in [5.41, 5.74) is 0.629. The summed E-state index contributed by atoms with van der Waals surface area (Å²) in [5, 5.41) is 4.65. The topological polar surface area (TPSA) is 83.9 Å². The number of carbonyl (C=O) groups excluding carboxylic acids is 1. The van der Waals surface area contributed by atoms with Crippen LogP contribution in [0.5, 0.6) is 0 Å². The first-order chi connectivity index (χ1) is 11.5. The van der Waals surface area contributed by atoms with Crippen LogP contribution in [0.25, 0.3) is 0 Å². The van der Waals surface area contributed by atoms with E-state index < -0.39 is 0 Å². The van der Waals surface area contributed by atoms with E-state index in [-0.39, 0.29) is 17.4 Å². The molecule has 1 saturated heterocycles. The molecule has 0 aromatic carbocycles. The molecule has 0 bridgehead atoms. The molecule has 0 radical (unpaired) electrons. The Bertz CT molecular complexity index is 785. The molecule has 1 aliphatic rings. The van der Waals surface area contributed by atoms with Crippen molar-refractivity contribution in [2.45, 2.75) is 38.6 Å². The van der Waals surface area contributed by atoms with Crippen molar-refractivity contribution in [1.82, 2.24) is 24.6 Å². The van der Waals surface area contributed by atoms with Gasteiger partial charge in [-0.05, 0) is 19.8 Å². The van der Waals surface area contributed by atoms with Crippen molar-refractivity contribution >= 4 is 17.5 Å². The van der Waals surface area contributed by atoms with Crippen LogP contribution in [0.4, 0.5) is 0 Å². The zero-order valence-corrected chi connectivity index (χ0v) is 14.3. The number of carbonyl (C=O) groups is 1. The van der Waals surface area contributed by atoms with Gasteiger partial charge in [-0.25, -0.2) is 4.98 Å². The lowest BCUT2D eigenvalue weighted by Crippen LogP contribution is -2.40. The van der Waals surface area contributed by atoms with Crippen LogP contribution in [0.15, 0.2) is 23.3 Å². The molecule has 1 atom stereocenters. The number of aryl methyl sites for hydroxylation is 2. The highest BCUT2D eigenvalue weighted by atomic mass is 35.5. The molecule has 0 aliphatic carbocycles. The number of H-pyrrole nitrogens is 1. The maximum atomic E-state index is 12.5. The number of hydrogen-bond donors (Lipinski definition) is 1. The van der Waals surface area contributed by atoms with Crippen LogP contribution < -0.4 is 5.56 Å². The van der Waals surface area contributed by atoms with Crippen molar-refractivity contribution in [3.63, 3.8) is 0 Å². The normalized spacial score (nSPS) is 17.9. The zero-order valence-electron chi connectivity index (χ0n) is 13.5. The molecule has 0 unspecified atom stereocenters. The minimum absolute atomic E-state index is 0.0906. The third kappa shape index (κ3) is 4.03. The van der Waals surface area contributed by atoms with Gasteiger partial charge in [-0.3, -0.25) is 14.3 Å². The molecule has 1 aliphatic heterocycles. The summed E-state index contributed by atoms with van der Waals surface area (Å²) in [6.07, 6.45) is 5.50. The average molecular weight is 350 g/mol. The summed E-state index contributed by atoms with van der Waals surface area (Å²) in [7, 11) is 0. The minimum atomic E-state index is -0.142. The molecule has 3 heterocycles. The van der Waals surface area contributed by atoms with Gasteiger partial charge in [0.05, 0.1) is 16.9 Å². The van der Waals surface area contributed by atoms with E-state index in [2.05, 4.69) is 15.1 Å². The average Bonchev–Trinajstić information content (AvgIpc) is 2.97. The van der Waals surface area contributed by atoms with E-state index in [0.717, 1.165) is 25.1 Å². The van der Waals surface area contributed by atoms with Crippen molar-refractivity contribution in [3.8, 4) is 0 Å². The van der Waals surface area contributed by atoms with Crippen molar-refractivity contribution in [2.75, 3.05) is 13.1 Å². The van der Waals surface area contributed by atoms with Crippen molar-refractivity contribution in [1.29, 1.82) is 0 Å².